The van der Waals surface area contributed by atoms with Crippen molar-refractivity contribution < 1.29 is 32.5 Å². The largest absolute Gasteiger partial charge is 0.480 e. The number of piperazine rings is 1. The first-order valence-corrected chi connectivity index (χ1v) is 16.6. The Morgan fingerprint density at radius 2 is 1.84 bits per heavy atom. The monoisotopic (exact) mass is 692 g/mol. The molecule has 50 heavy (non-hydrogen) atoms. The van der Waals surface area contributed by atoms with E-state index < -0.39 is 29.8 Å². The van der Waals surface area contributed by atoms with Crippen molar-refractivity contribution in [3.63, 3.8) is 0 Å². The van der Waals surface area contributed by atoms with Crippen molar-refractivity contribution in [2.24, 2.45) is 0 Å². The Morgan fingerprint density at radius 3 is 2.48 bits per heavy atom. The molecule has 15 heteroatoms. The normalized spacial score (nSPS) is 21.2. The smallest absolute Gasteiger partial charge is 0.410 e. The summed E-state index contributed by atoms with van der Waals surface area (Å²) in [7, 11) is 1.59. The molecule has 3 fully saturated rings. The lowest BCUT2D eigenvalue weighted by Crippen LogP contribution is -2.62. The minimum atomic E-state index is -3.42. The molecule has 1 amide bonds. The first kappa shape index (κ1) is 35.0. The number of hydrogen-bond acceptors (Lipinski definition) is 12. The van der Waals surface area contributed by atoms with Gasteiger partial charge in [-0.1, -0.05) is 0 Å². The van der Waals surface area contributed by atoms with Gasteiger partial charge in [-0.15, -0.1) is 0 Å². The number of aromatic nitrogens is 3. The number of nitriles is 1. The zero-order valence-corrected chi connectivity index (χ0v) is 28.9. The van der Waals surface area contributed by atoms with Crippen LogP contribution < -0.4 is 19.7 Å². The predicted molar refractivity (Wildman–Crippen MR) is 181 cm³/mol. The number of ether oxygens (including phenoxy) is 4. The average molecular weight is 693 g/mol. The Hall–Kier alpha value is -4.81. The molecular formula is C35H42F2N8O5. The number of alkyl halides is 2. The quantitative estimate of drug-likeness (QED) is 0.336. The van der Waals surface area contributed by atoms with E-state index >= 15 is 8.78 Å². The van der Waals surface area contributed by atoms with E-state index in [0.717, 1.165) is 50.0 Å². The minimum Gasteiger partial charge on any atom is -0.480 e. The van der Waals surface area contributed by atoms with Crippen molar-refractivity contribution in [1.82, 2.24) is 24.8 Å². The molecule has 3 aromatic rings. The maximum Gasteiger partial charge on any atom is 0.410 e. The van der Waals surface area contributed by atoms with Gasteiger partial charge in [-0.25, -0.2) is 23.5 Å². The summed E-state index contributed by atoms with van der Waals surface area (Å²) in [6, 6.07) is 12.7. The molecule has 2 aromatic heterocycles. The van der Waals surface area contributed by atoms with Crippen LogP contribution in [0.5, 0.6) is 11.6 Å². The SMILES string of the molecule is COc1nc(Nc2nccc(-c3ccc(O[C@@]4(C)CCN(C(=O)OC(C)(C)C)CC4(F)F)c(C#N)c3)n2)ccc1N1CCN(C2COC2)CC1. The van der Waals surface area contributed by atoms with Crippen LogP contribution in [-0.2, 0) is 9.47 Å². The molecule has 5 heterocycles. The summed E-state index contributed by atoms with van der Waals surface area (Å²) < 4.78 is 53.1. The minimum absolute atomic E-state index is 0.00593. The van der Waals surface area contributed by atoms with Gasteiger partial charge in [-0.05, 0) is 64.1 Å². The summed E-state index contributed by atoms with van der Waals surface area (Å²) >= 11 is 0. The van der Waals surface area contributed by atoms with Crippen LogP contribution in [0, 0.1) is 11.3 Å². The molecule has 0 bridgehead atoms. The number of carbonyl (C=O) groups is 1. The highest BCUT2D eigenvalue weighted by Gasteiger charge is 2.57. The summed E-state index contributed by atoms with van der Waals surface area (Å²) in [6.45, 7) is 10.7. The molecule has 0 saturated carbocycles. The van der Waals surface area contributed by atoms with Crippen molar-refractivity contribution >= 4 is 23.5 Å². The number of rotatable bonds is 8. The maximum atomic E-state index is 15.5. The number of pyridine rings is 1. The van der Waals surface area contributed by atoms with Crippen molar-refractivity contribution in [1.29, 1.82) is 5.26 Å². The van der Waals surface area contributed by atoms with Gasteiger partial charge in [0.15, 0.2) is 5.60 Å². The first-order chi connectivity index (χ1) is 23.8. The molecule has 266 valence electrons. The molecule has 0 spiro atoms. The highest BCUT2D eigenvalue weighted by molar-refractivity contribution is 5.69. The van der Waals surface area contributed by atoms with E-state index in [1.54, 1.807) is 46.2 Å². The summed E-state index contributed by atoms with van der Waals surface area (Å²) in [5.74, 6) is -2.18. The number of likely N-dealkylation sites (tertiary alicyclic amines) is 1. The summed E-state index contributed by atoms with van der Waals surface area (Å²) in [4.78, 5) is 31.7. The molecule has 1 aromatic carbocycles. The van der Waals surface area contributed by atoms with Crippen LogP contribution >= 0.6 is 0 Å². The van der Waals surface area contributed by atoms with Gasteiger partial charge in [0.1, 0.15) is 28.9 Å². The van der Waals surface area contributed by atoms with Crippen LogP contribution in [0.25, 0.3) is 11.3 Å². The van der Waals surface area contributed by atoms with E-state index in [1.807, 2.05) is 12.1 Å². The Morgan fingerprint density at radius 1 is 1.08 bits per heavy atom. The van der Waals surface area contributed by atoms with E-state index in [9.17, 15) is 10.1 Å². The molecule has 1 atom stereocenters. The van der Waals surface area contributed by atoms with Gasteiger partial charge >= 0.3 is 12.0 Å². The average Bonchev–Trinajstić information content (AvgIpc) is 3.05. The molecule has 0 aliphatic carbocycles. The lowest BCUT2D eigenvalue weighted by molar-refractivity contribution is -0.190. The van der Waals surface area contributed by atoms with E-state index in [2.05, 4.69) is 36.1 Å². The molecule has 3 aliphatic heterocycles. The van der Waals surface area contributed by atoms with Crippen molar-refractivity contribution in [2.75, 3.05) is 69.8 Å². The number of halogens is 2. The maximum absolute atomic E-state index is 15.5. The number of hydrogen-bond donors (Lipinski definition) is 1. The fourth-order valence-corrected chi connectivity index (χ4v) is 6.08. The molecule has 3 saturated heterocycles. The summed E-state index contributed by atoms with van der Waals surface area (Å²) in [5, 5.41) is 13.1. The van der Waals surface area contributed by atoms with Crippen LogP contribution in [-0.4, -0.2) is 114 Å². The van der Waals surface area contributed by atoms with Crippen molar-refractivity contribution in [3.05, 3.63) is 48.2 Å². The number of anilines is 3. The standard InChI is InChI=1S/C35H42F2N8O5/c1-33(2,3)50-32(46)45-13-11-34(4,35(36,37)22-45)49-28-8-6-23(18-24(28)19-38)26-10-12-39-31(40-26)42-29-9-7-27(30(41-29)47-5)44-16-14-43(15-17-44)25-20-48-21-25/h6-10,12,18,25H,11,13-17,20-22H2,1-5H3,(H,39,40,41,42)/t34-/m0/s1. The second-order valence-corrected chi connectivity index (χ2v) is 13.8. The third kappa shape index (κ3) is 7.51. The lowest BCUT2D eigenvalue weighted by Gasteiger charge is -2.45. The highest BCUT2D eigenvalue weighted by atomic mass is 19.3. The third-order valence-corrected chi connectivity index (χ3v) is 9.13. The zero-order valence-electron chi connectivity index (χ0n) is 28.9. The van der Waals surface area contributed by atoms with E-state index in [1.165, 1.54) is 19.1 Å². The molecule has 6 rings (SSSR count). The molecule has 0 radical (unpaired) electrons. The van der Waals surface area contributed by atoms with Gasteiger partial charge in [0.25, 0.3) is 0 Å². The summed E-state index contributed by atoms with van der Waals surface area (Å²) in [5.41, 5.74) is -0.759. The Bertz CT molecular complexity index is 1750. The highest BCUT2D eigenvalue weighted by Crippen LogP contribution is 2.41. The van der Waals surface area contributed by atoms with E-state index in [0.29, 0.717) is 29.0 Å². The molecule has 0 unspecified atom stereocenters. The number of piperidine rings is 1. The second-order valence-electron chi connectivity index (χ2n) is 13.8. The van der Waals surface area contributed by atoms with Crippen LogP contribution in [0.2, 0.25) is 0 Å². The van der Waals surface area contributed by atoms with Gasteiger partial charge in [-0.2, -0.15) is 10.2 Å². The fraction of sp³-hybridized carbons (Fsp3) is 0.514. The lowest BCUT2D eigenvalue weighted by atomic mass is 9.89. The fourth-order valence-electron chi connectivity index (χ4n) is 6.08. The van der Waals surface area contributed by atoms with Gasteiger partial charge in [-0.3, -0.25) is 4.90 Å². The predicted octanol–water partition coefficient (Wildman–Crippen LogP) is 5.10. The van der Waals surface area contributed by atoms with Gasteiger partial charge < -0.3 is 34.1 Å². The van der Waals surface area contributed by atoms with Gasteiger partial charge in [0.2, 0.25) is 11.8 Å². The van der Waals surface area contributed by atoms with Crippen LogP contribution in [0.1, 0.15) is 39.7 Å². The molecule has 1 N–H and O–H groups in total. The van der Waals surface area contributed by atoms with Crippen LogP contribution in [0.4, 0.5) is 31.0 Å². The van der Waals surface area contributed by atoms with Gasteiger partial charge in [0.05, 0.1) is 44.2 Å². The van der Waals surface area contributed by atoms with Gasteiger partial charge in [0, 0.05) is 50.9 Å². The number of nitrogens with one attached hydrogen (secondary N) is 1. The Balaban J connectivity index is 1.13. The number of methoxy groups -OCH3 is 1. The molecule has 3 aliphatic rings. The topological polar surface area (TPSA) is 138 Å². The van der Waals surface area contributed by atoms with Crippen molar-refractivity contribution in [2.45, 2.75) is 57.3 Å². The van der Waals surface area contributed by atoms with E-state index in [-0.39, 0.29) is 30.2 Å². The first-order valence-electron chi connectivity index (χ1n) is 16.6. The van der Waals surface area contributed by atoms with Crippen molar-refractivity contribution in [3.8, 4) is 29.0 Å². The van der Waals surface area contributed by atoms with Crippen LogP contribution in [0.15, 0.2) is 42.6 Å². The van der Waals surface area contributed by atoms with E-state index in [4.69, 9.17) is 18.9 Å². The Kier molecular flexibility index (Phi) is 9.69. The summed E-state index contributed by atoms with van der Waals surface area (Å²) in [6.07, 6.45) is 0.593. The number of benzene rings is 1. The molecule has 13 nitrogen and oxygen atoms in total. The third-order valence-electron chi connectivity index (χ3n) is 9.13. The number of amides is 1. The number of nitrogens with zero attached hydrogens (tertiary/aromatic N) is 7. The Labute approximate surface area is 290 Å². The second kappa shape index (κ2) is 13.8. The van der Waals surface area contributed by atoms with Crippen LogP contribution in [0.3, 0.4) is 0 Å². The number of carbonyl (C=O) groups excluding carboxylic acids is 1. The zero-order chi connectivity index (χ0) is 35.7. The molecular weight excluding hydrogens is 650 g/mol.